The maximum absolute atomic E-state index is 9.55. The van der Waals surface area contributed by atoms with Gasteiger partial charge in [0.25, 0.3) is 0 Å². The Morgan fingerprint density at radius 1 is 0.900 bits per heavy atom. The van der Waals surface area contributed by atoms with Gasteiger partial charge in [-0.1, -0.05) is 48.5 Å². The van der Waals surface area contributed by atoms with E-state index in [1.54, 1.807) is 7.11 Å². The number of rotatable bonds is 3. The Kier molecular flexibility index (Phi) is 3.40. The van der Waals surface area contributed by atoms with Crippen molar-refractivity contribution in [3.63, 3.8) is 0 Å². The van der Waals surface area contributed by atoms with Crippen LogP contribution in [0.5, 0.6) is 5.75 Å². The van der Waals surface area contributed by atoms with Gasteiger partial charge in [0.1, 0.15) is 5.75 Å². The number of aliphatic hydroxyl groups is 1. The van der Waals surface area contributed by atoms with Crippen LogP contribution < -0.4 is 4.74 Å². The summed E-state index contributed by atoms with van der Waals surface area (Å²) >= 11 is 0. The molecule has 20 heavy (non-hydrogen) atoms. The maximum Gasteiger partial charge on any atom is 0.125 e. The van der Waals surface area contributed by atoms with Crippen LogP contribution in [0.2, 0.25) is 0 Å². The minimum Gasteiger partial charge on any atom is -0.496 e. The normalized spacial score (nSPS) is 10.7. The second-order valence-corrected chi connectivity index (χ2v) is 4.71. The number of ether oxygens (including phenoxy) is 1. The van der Waals surface area contributed by atoms with Crippen LogP contribution in [0.1, 0.15) is 5.56 Å². The van der Waals surface area contributed by atoms with Gasteiger partial charge in [0.05, 0.1) is 13.7 Å². The zero-order chi connectivity index (χ0) is 13.9. The molecule has 0 saturated heterocycles. The van der Waals surface area contributed by atoms with E-state index >= 15 is 0 Å². The number of aliphatic hydroxyl groups excluding tert-OH is 1. The highest BCUT2D eigenvalue weighted by Gasteiger charge is 2.08. The first-order valence-corrected chi connectivity index (χ1v) is 6.59. The number of fused-ring (bicyclic) bond motifs is 1. The van der Waals surface area contributed by atoms with Crippen molar-refractivity contribution in [3.8, 4) is 16.9 Å². The summed E-state index contributed by atoms with van der Waals surface area (Å²) in [4.78, 5) is 0. The topological polar surface area (TPSA) is 29.5 Å². The molecule has 0 atom stereocenters. The molecule has 2 nitrogen and oxygen atoms in total. The summed E-state index contributed by atoms with van der Waals surface area (Å²) in [6, 6.07) is 20.5. The number of methoxy groups -OCH3 is 1. The Labute approximate surface area is 118 Å². The van der Waals surface area contributed by atoms with E-state index in [-0.39, 0.29) is 6.61 Å². The van der Waals surface area contributed by atoms with Crippen molar-refractivity contribution in [2.45, 2.75) is 6.61 Å². The molecule has 0 radical (unpaired) electrons. The van der Waals surface area contributed by atoms with Crippen LogP contribution in [0.3, 0.4) is 0 Å². The molecule has 3 rings (SSSR count). The van der Waals surface area contributed by atoms with Crippen molar-refractivity contribution in [3.05, 3.63) is 66.2 Å². The molecule has 0 aromatic heterocycles. The van der Waals surface area contributed by atoms with Crippen LogP contribution in [-0.2, 0) is 6.61 Å². The monoisotopic (exact) mass is 264 g/mol. The molecule has 0 spiro atoms. The third-order valence-electron chi connectivity index (χ3n) is 3.57. The fourth-order valence-electron chi connectivity index (χ4n) is 2.54. The van der Waals surface area contributed by atoms with Crippen molar-refractivity contribution in [2.75, 3.05) is 7.11 Å². The molecule has 0 heterocycles. The molecule has 0 aliphatic rings. The Hall–Kier alpha value is -2.32. The van der Waals surface area contributed by atoms with Gasteiger partial charge in [-0.25, -0.2) is 0 Å². The second-order valence-electron chi connectivity index (χ2n) is 4.71. The Balaban J connectivity index is 2.18. The fraction of sp³-hybridized carbons (Fsp3) is 0.111. The Bertz CT molecular complexity index is 733. The number of benzene rings is 3. The summed E-state index contributed by atoms with van der Waals surface area (Å²) in [5.74, 6) is 0.729. The van der Waals surface area contributed by atoms with Gasteiger partial charge in [-0.3, -0.25) is 0 Å². The van der Waals surface area contributed by atoms with E-state index in [2.05, 4.69) is 24.3 Å². The molecule has 0 fully saturated rings. The largest absolute Gasteiger partial charge is 0.496 e. The molecule has 0 bridgehead atoms. The fourth-order valence-corrected chi connectivity index (χ4v) is 2.54. The molecule has 0 saturated carbocycles. The van der Waals surface area contributed by atoms with Crippen LogP contribution in [-0.4, -0.2) is 12.2 Å². The van der Waals surface area contributed by atoms with E-state index in [1.807, 2.05) is 36.4 Å². The van der Waals surface area contributed by atoms with Crippen molar-refractivity contribution in [1.82, 2.24) is 0 Å². The summed E-state index contributed by atoms with van der Waals surface area (Å²) in [6.45, 7) is -0.0226. The zero-order valence-corrected chi connectivity index (χ0v) is 11.3. The van der Waals surface area contributed by atoms with E-state index in [1.165, 1.54) is 11.1 Å². The molecule has 2 heteroatoms. The van der Waals surface area contributed by atoms with Gasteiger partial charge < -0.3 is 9.84 Å². The van der Waals surface area contributed by atoms with Crippen LogP contribution >= 0.6 is 0 Å². The molecule has 1 N–H and O–H groups in total. The lowest BCUT2D eigenvalue weighted by molar-refractivity contribution is 0.275. The first kappa shape index (κ1) is 12.7. The predicted octanol–water partition coefficient (Wildman–Crippen LogP) is 4.01. The third kappa shape index (κ3) is 2.15. The predicted molar refractivity (Wildman–Crippen MR) is 81.9 cm³/mol. The van der Waals surface area contributed by atoms with Gasteiger partial charge in [-0.2, -0.15) is 0 Å². The van der Waals surface area contributed by atoms with Crippen LogP contribution in [0.25, 0.3) is 21.9 Å². The highest BCUT2D eigenvalue weighted by atomic mass is 16.5. The average Bonchev–Trinajstić information content (AvgIpc) is 2.54. The third-order valence-corrected chi connectivity index (χ3v) is 3.57. The standard InChI is InChI=1S/C18H16O2/c1-20-18-10-8-15-11-14(13-5-3-2-4-6-13)7-9-16(15)17(18)12-19/h2-11,19H,12H2,1H3. The number of hydrogen-bond donors (Lipinski definition) is 1. The number of hydrogen-bond acceptors (Lipinski definition) is 2. The lowest BCUT2D eigenvalue weighted by atomic mass is 9.98. The average molecular weight is 264 g/mol. The Morgan fingerprint density at radius 3 is 2.40 bits per heavy atom. The summed E-state index contributed by atoms with van der Waals surface area (Å²) in [5, 5.41) is 11.7. The highest BCUT2D eigenvalue weighted by molar-refractivity contribution is 5.91. The summed E-state index contributed by atoms with van der Waals surface area (Å²) in [5.41, 5.74) is 3.20. The second kappa shape index (κ2) is 5.35. The SMILES string of the molecule is COc1ccc2cc(-c3ccccc3)ccc2c1CO. The Morgan fingerprint density at radius 2 is 1.70 bits per heavy atom. The lowest BCUT2D eigenvalue weighted by Crippen LogP contribution is -1.93. The molecule has 0 aliphatic heterocycles. The van der Waals surface area contributed by atoms with Gasteiger partial charge in [0, 0.05) is 5.56 Å². The van der Waals surface area contributed by atoms with Crippen molar-refractivity contribution in [1.29, 1.82) is 0 Å². The molecule has 0 unspecified atom stereocenters. The molecule has 0 amide bonds. The molecular weight excluding hydrogens is 248 g/mol. The molecular formula is C18H16O2. The molecule has 100 valence electrons. The van der Waals surface area contributed by atoms with Gasteiger partial charge in [0.2, 0.25) is 0 Å². The van der Waals surface area contributed by atoms with Gasteiger partial charge >= 0.3 is 0 Å². The quantitative estimate of drug-likeness (QED) is 0.774. The highest BCUT2D eigenvalue weighted by Crippen LogP contribution is 2.31. The first-order chi connectivity index (χ1) is 9.83. The van der Waals surface area contributed by atoms with Crippen molar-refractivity contribution in [2.24, 2.45) is 0 Å². The van der Waals surface area contributed by atoms with Gasteiger partial charge in [0.15, 0.2) is 0 Å². The van der Waals surface area contributed by atoms with E-state index in [0.717, 1.165) is 22.1 Å². The summed E-state index contributed by atoms with van der Waals surface area (Å²) in [7, 11) is 1.62. The van der Waals surface area contributed by atoms with Crippen LogP contribution in [0, 0.1) is 0 Å². The molecule has 0 aliphatic carbocycles. The lowest BCUT2D eigenvalue weighted by Gasteiger charge is -2.11. The molecule has 3 aromatic carbocycles. The zero-order valence-electron chi connectivity index (χ0n) is 11.3. The first-order valence-electron chi connectivity index (χ1n) is 6.59. The van der Waals surface area contributed by atoms with Crippen molar-refractivity contribution < 1.29 is 9.84 Å². The minimum atomic E-state index is -0.0226. The van der Waals surface area contributed by atoms with Gasteiger partial charge in [-0.05, 0) is 34.0 Å². The smallest absolute Gasteiger partial charge is 0.125 e. The maximum atomic E-state index is 9.55. The van der Waals surface area contributed by atoms with E-state index in [4.69, 9.17) is 4.74 Å². The van der Waals surface area contributed by atoms with Gasteiger partial charge in [-0.15, -0.1) is 0 Å². The van der Waals surface area contributed by atoms with E-state index in [9.17, 15) is 5.11 Å². The van der Waals surface area contributed by atoms with E-state index < -0.39 is 0 Å². The minimum absolute atomic E-state index is 0.0226. The van der Waals surface area contributed by atoms with Crippen LogP contribution in [0.15, 0.2) is 60.7 Å². The summed E-state index contributed by atoms with van der Waals surface area (Å²) in [6.07, 6.45) is 0. The van der Waals surface area contributed by atoms with Crippen molar-refractivity contribution >= 4 is 10.8 Å². The van der Waals surface area contributed by atoms with E-state index in [0.29, 0.717) is 0 Å². The van der Waals surface area contributed by atoms with Crippen LogP contribution in [0.4, 0.5) is 0 Å². The summed E-state index contributed by atoms with van der Waals surface area (Å²) < 4.78 is 5.30. The molecule has 3 aromatic rings.